The quantitative estimate of drug-likeness (QED) is 0.348. The minimum absolute atomic E-state index is 0.0189. The summed E-state index contributed by atoms with van der Waals surface area (Å²) in [7, 11) is 0. The molecule has 0 spiro atoms. The first-order valence-electron chi connectivity index (χ1n) is 9.44. The maximum atomic E-state index is 12.8. The van der Waals surface area contributed by atoms with Crippen LogP contribution >= 0.6 is 11.3 Å². The van der Waals surface area contributed by atoms with Crippen LogP contribution in [0.3, 0.4) is 0 Å². The lowest BCUT2D eigenvalue weighted by Crippen LogP contribution is -2.14. The molecule has 158 valence electrons. The number of hydrogen-bond acceptors (Lipinski definition) is 8. The second kappa shape index (κ2) is 8.15. The van der Waals surface area contributed by atoms with Gasteiger partial charge in [-0.1, -0.05) is 6.07 Å². The Morgan fingerprint density at radius 2 is 2.03 bits per heavy atom. The van der Waals surface area contributed by atoms with Crippen molar-refractivity contribution in [1.29, 1.82) is 0 Å². The van der Waals surface area contributed by atoms with Crippen LogP contribution in [0, 0.1) is 13.8 Å². The Morgan fingerprint density at radius 3 is 2.77 bits per heavy atom. The molecule has 31 heavy (non-hydrogen) atoms. The van der Waals surface area contributed by atoms with Gasteiger partial charge in [-0.05, 0) is 50.1 Å². The molecule has 4 rings (SSSR count). The van der Waals surface area contributed by atoms with Gasteiger partial charge in [0.2, 0.25) is 0 Å². The number of thiophene rings is 1. The number of aryl methyl sites for hydroxylation is 1. The number of hydrogen-bond donors (Lipinski definition) is 2. The number of rotatable bonds is 6. The third kappa shape index (κ3) is 4.10. The highest BCUT2D eigenvalue weighted by Gasteiger charge is 2.22. The SMILES string of the molecule is CC(=O)c1ccc(Cn2ncc(NC(=O)c3ncoc3-c3ccc(C)c(C)c3N)n2)s1. The lowest BCUT2D eigenvalue weighted by Gasteiger charge is -2.09. The van der Waals surface area contributed by atoms with Crippen LogP contribution in [0.15, 0.2) is 41.3 Å². The zero-order chi connectivity index (χ0) is 22.1. The second-order valence-electron chi connectivity index (χ2n) is 7.04. The molecule has 3 N–H and O–H groups in total. The number of carbonyl (C=O) groups is 2. The Hall–Kier alpha value is -3.79. The molecule has 1 aromatic carbocycles. The van der Waals surface area contributed by atoms with Crippen molar-refractivity contribution in [2.24, 2.45) is 0 Å². The second-order valence-corrected chi connectivity index (χ2v) is 8.20. The van der Waals surface area contributed by atoms with Crippen molar-refractivity contribution < 1.29 is 14.0 Å². The van der Waals surface area contributed by atoms with Gasteiger partial charge < -0.3 is 15.5 Å². The Bertz CT molecular complexity index is 1290. The standard InChI is InChI=1S/C21H20N6O3S/c1-11-4-6-15(18(22)12(11)2)20-19(23-10-30-20)21(29)25-17-8-24-27(26-17)9-14-5-7-16(31-14)13(3)28/h4-8,10H,9,22H2,1-3H3,(H,25,26,29). The maximum absolute atomic E-state index is 12.8. The van der Waals surface area contributed by atoms with Crippen LogP contribution in [0.2, 0.25) is 0 Å². The first kappa shape index (κ1) is 20.5. The van der Waals surface area contributed by atoms with Crippen LogP contribution < -0.4 is 11.1 Å². The van der Waals surface area contributed by atoms with Gasteiger partial charge in [0.1, 0.15) is 0 Å². The average Bonchev–Trinajstić information content (AvgIpc) is 3.48. The Labute approximate surface area is 181 Å². The zero-order valence-corrected chi connectivity index (χ0v) is 18.0. The fraction of sp³-hybridized carbons (Fsp3) is 0.190. The molecule has 0 bridgehead atoms. The molecule has 10 heteroatoms. The molecule has 0 aliphatic heterocycles. The largest absolute Gasteiger partial charge is 0.443 e. The molecule has 0 unspecified atom stereocenters. The Morgan fingerprint density at radius 1 is 1.23 bits per heavy atom. The van der Waals surface area contributed by atoms with Crippen molar-refractivity contribution >= 4 is 34.5 Å². The third-order valence-electron chi connectivity index (χ3n) is 4.90. The van der Waals surface area contributed by atoms with E-state index in [1.807, 2.05) is 32.0 Å². The maximum Gasteiger partial charge on any atom is 0.279 e. The van der Waals surface area contributed by atoms with Crippen LogP contribution in [-0.2, 0) is 6.54 Å². The fourth-order valence-corrected chi connectivity index (χ4v) is 3.91. The van der Waals surface area contributed by atoms with Crippen molar-refractivity contribution in [1.82, 2.24) is 20.0 Å². The van der Waals surface area contributed by atoms with E-state index in [2.05, 4.69) is 20.5 Å². The van der Waals surface area contributed by atoms with E-state index < -0.39 is 5.91 Å². The number of benzene rings is 1. The number of carbonyl (C=O) groups excluding carboxylic acids is 2. The number of amides is 1. The van der Waals surface area contributed by atoms with Gasteiger partial charge in [0.15, 0.2) is 29.4 Å². The monoisotopic (exact) mass is 436 g/mol. The smallest absolute Gasteiger partial charge is 0.279 e. The van der Waals surface area contributed by atoms with Crippen molar-refractivity contribution in [2.75, 3.05) is 11.1 Å². The number of nitrogens with one attached hydrogen (secondary N) is 1. The van der Waals surface area contributed by atoms with E-state index in [1.165, 1.54) is 35.6 Å². The minimum atomic E-state index is -0.483. The molecule has 1 amide bonds. The van der Waals surface area contributed by atoms with Gasteiger partial charge in [0.05, 0.1) is 17.6 Å². The van der Waals surface area contributed by atoms with E-state index in [4.69, 9.17) is 10.2 Å². The predicted molar refractivity (Wildman–Crippen MR) is 117 cm³/mol. The van der Waals surface area contributed by atoms with Gasteiger partial charge >= 0.3 is 0 Å². The summed E-state index contributed by atoms with van der Waals surface area (Å²) in [5.41, 5.74) is 9.44. The van der Waals surface area contributed by atoms with Crippen molar-refractivity contribution in [3.05, 3.63) is 63.4 Å². The number of Topliss-reactive ketones (excluding diaryl/α,β-unsaturated/α-hetero) is 1. The summed E-state index contributed by atoms with van der Waals surface area (Å²) in [5, 5.41) is 11.1. The van der Waals surface area contributed by atoms with Gasteiger partial charge in [-0.15, -0.1) is 16.4 Å². The summed E-state index contributed by atoms with van der Waals surface area (Å²) in [6.07, 6.45) is 2.65. The van der Waals surface area contributed by atoms with E-state index in [0.29, 0.717) is 28.4 Å². The number of ketones is 1. The molecule has 0 aliphatic carbocycles. The summed E-state index contributed by atoms with van der Waals surface area (Å²) >= 11 is 1.39. The molecule has 0 saturated carbocycles. The van der Waals surface area contributed by atoms with Crippen molar-refractivity contribution in [3.8, 4) is 11.3 Å². The van der Waals surface area contributed by atoms with Crippen LogP contribution in [0.1, 0.15) is 43.1 Å². The van der Waals surface area contributed by atoms with Crippen LogP contribution in [0.25, 0.3) is 11.3 Å². The lowest BCUT2D eigenvalue weighted by molar-refractivity contribution is 0.101. The van der Waals surface area contributed by atoms with E-state index >= 15 is 0 Å². The highest BCUT2D eigenvalue weighted by Crippen LogP contribution is 2.32. The number of anilines is 2. The Balaban J connectivity index is 1.51. The van der Waals surface area contributed by atoms with E-state index in [9.17, 15) is 9.59 Å². The molecule has 3 heterocycles. The number of oxazole rings is 1. The van der Waals surface area contributed by atoms with E-state index in [1.54, 1.807) is 6.07 Å². The van der Waals surface area contributed by atoms with Gasteiger partial charge in [0.25, 0.3) is 5.91 Å². The van der Waals surface area contributed by atoms with Gasteiger partial charge in [0, 0.05) is 16.1 Å². The normalized spacial score (nSPS) is 10.9. The minimum Gasteiger partial charge on any atom is -0.443 e. The molecular weight excluding hydrogens is 416 g/mol. The summed E-state index contributed by atoms with van der Waals surface area (Å²) in [4.78, 5) is 31.3. The summed E-state index contributed by atoms with van der Waals surface area (Å²) in [5.74, 6) is 0.102. The lowest BCUT2D eigenvalue weighted by atomic mass is 10.0. The van der Waals surface area contributed by atoms with E-state index in [-0.39, 0.29) is 17.3 Å². The van der Waals surface area contributed by atoms with Gasteiger partial charge in [-0.2, -0.15) is 9.90 Å². The molecule has 3 aromatic heterocycles. The summed E-state index contributed by atoms with van der Waals surface area (Å²) < 4.78 is 5.47. The number of nitrogens with zero attached hydrogens (tertiary/aromatic N) is 4. The Kier molecular flexibility index (Phi) is 5.38. The number of nitrogens with two attached hydrogens (primary N) is 1. The molecule has 9 nitrogen and oxygen atoms in total. The number of nitrogen functional groups attached to an aromatic ring is 1. The van der Waals surface area contributed by atoms with Crippen molar-refractivity contribution in [3.63, 3.8) is 0 Å². The highest BCUT2D eigenvalue weighted by atomic mass is 32.1. The van der Waals surface area contributed by atoms with Crippen LogP contribution in [0.4, 0.5) is 11.5 Å². The van der Waals surface area contributed by atoms with Gasteiger partial charge in [-0.25, -0.2) is 4.98 Å². The summed E-state index contributed by atoms with van der Waals surface area (Å²) in [6, 6.07) is 7.36. The first-order valence-corrected chi connectivity index (χ1v) is 10.3. The molecular formula is C21H20N6O3S. The molecule has 0 saturated heterocycles. The fourth-order valence-electron chi connectivity index (χ4n) is 3.03. The molecule has 0 aliphatic rings. The van der Waals surface area contributed by atoms with Crippen molar-refractivity contribution in [2.45, 2.75) is 27.3 Å². The van der Waals surface area contributed by atoms with Crippen LogP contribution in [-0.4, -0.2) is 31.7 Å². The third-order valence-corrected chi connectivity index (χ3v) is 6.07. The molecule has 4 aromatic rings. The van der Waals surface area contributed by atoms with E-state index in [0.717, 1.165) is 16.0 Å². The highest BCUT2D eigenvalue weighted by molar-refractivity contribution is 7.14. The zero-order valence-electron chi connectivity index (χ0n) is 17.2. The summed E-state index contributed by atoms with van der Waals surface area (Å²) in [6.45, 7) is 5.79. The predicted octanol–water partition coefficient (Wildman–Crippen LogP) is 3.70. The molecule has 0 fully saturated rings. The van der Waals surface area contributed by atoms with Gasteiger partial charge in [-0.3, -0.25) is 9.59 Å². The average molecular weight is 436 g/mol. The topological polar surface area (TPSA) is 129 Å². The number of aromatic nitrogens is 4. The molecule has 0 radical (unpaired) electrons. The first-order chi connectivity index (χ1) is 14.8. The molecule has 0 atom stereocenters. The van der Waals surface area contributed by atoms with Crippen LogP contribution in [0.5, 0.6) is 0 Å².